The van der Waals surface area contributed by atoms with Gasteiger partial charge in [-0.25, -0.2) is 4.98 Å². The number of hydrogen-bond acceptors (Lipinski definition) is 8. The number of rotatable bonds is 6. The molecule has 0 saturated carbocycles. The fourth-order valence-corrected chi connectivity index (χ4v) is 4.33. The first kappa shape index (κ1) is 22.5. The van der Waals surface area contributed by atoms with E-state index in [4.69, 9.17) is 4.74 Å². The zero-order chi connectivity index (χ0) is 24.0. The van der Waals surface area contributed by atoms with Gasteiger partial charge in [-0.3, -0.25) is 15.1 Å². The van der Waals surface area contributed by atoms with Crippen LogP contribution < -0.4 is 0 Å². The highest BCUT2D eigenvalue weighted by molar-refractivity contribution is 5.85. The molecule has 1 fully saturated rings. The van der Waals surface area contributed by atoms with Crippen LogP contribution >= 0.6 is 0 Å². The molecular weight excluding hydrogens is 444 g/mol. The zero-order valence-electron chi connectivity index (χ0n) is 19.1. The number of para-hydroxylation sites is 2. The van der Waals surface area contributed by atoms with Crippen LogP contribution in [0.3, 0.4) is 0 Å². The summed E-state index contributed by atoms with van der Waals surface area (Å²) >= 11 is 0. The Labute approximate surface area is 202 Å². The average molecular weight is 469 g/mol. The highest BCUT2D eigenvalue weighted by atomic mass is 16.6. The van der Waals surface area contributed by atoms with E-state index in [1.165, 1.54) is 6.07 Å². The topological polar surface area (TPSA) is 106 Å². The van der Waals surface area contributed by atoms with Crippen LogP contribution in [0.2, 0.25) is 0 Å². The van der Waals surface area contributed by atoms with Gasteiger partial charge >= 0.3 is 0 Å². The summed E-state index contributed by atoms with van der Waals surface area (Å²) in [7, 11) is 0. The molecule has 0 amide bonds. The first-order valence-corrected chi connectivity index (χ1v) is 11.5. The van der Waals surface area contributed by atoms with E-state index in [1.54, 1.807) is 30.8 Å². The molecule has 0 N–H and O–H groups in total. The van der Waals surface area contributed by atoms with E-state index < -0.39 is 0 Å². The lowest BCUT2D eigenvalue weighted by atomic mass is 10.1. The van der Waals surface area contributed by atoms with Crippen LogP contribution in [-0.2, 0) is 4.74 Å². The number of fused-ring (bicyclic) bond motifs is 1. The summed E-state index contributed by atoms with van der Waals surface area (Å²) in [5.41, 5.74) is 6.52. The molecule has 0 unspecified atom stereocenters. The summed E-state index contributed by atoms with van der Waals surface area (Å²) in [5, 5.41) is 19.7. The lowest BCUT2D eigenvalue weighted by molar-refractivity contribution is -0.384. The average Bonchev–Trinajstić information content (AvgIpc) is 3.29. The smallest absolute Gasteiger partial charge is 0.270 e. The number of morpholine rings is 1. The quantitative estimate of drug-likeness (QED) is 0.301. The van der Waals surface area contributed by atoms with Crippen LogP contribution in [0.1, 0.15) is 24.1 Å². The van der Waals surface area contributed by atoms with Crippen molar-refractivity contribution in [3.63, 3.8) is 0 Å². The molecule has 176 valence electrons. The number of aromatic nitrogens is 2. The minimum absolute atomic E-state index is 0.0853. The molecule has 0 bridgehead atoms. The van der Waals surface area contributed by atoms with Crippen LogP contribution in [-0.4, -0.2) is 58.5 Å². The second-order valence-corrected chi connectivity index (χ2v) is 8.27. The van der Waals surface area contributed by atoms with E-state index in [9.17, 15) is 10.1 Å². The van der Waals surface area contributed by atoms with Gasteiger partial charge in [-0.05, 0) is 47.8 Å². The maximum absolute atomic E-state index is 11.2. The molecule has 2 aromatic carbocycles. The molecule has 9 nitrogen and oxygen atoms in total. The predicted molar refractivity (Wildman–Crippen MR) is 135 cm³/mol. The van der Waals surface area contributed by atoms with Crippen LogP contribution in [0.4, 0.5) is 5.69 Å². The molecule has 3 aromatic rings. The fraction of sp³-hybridized carbons (Fsp3) is 0.231. The van der Waals surface area contributed by atoms with Gasteiger partial charge in [0.05, 0.1) is 47.8 Å². The molecule has 5 rings (SSSR count). The van der Waals surface area contributed by atoms with Gasteiger partial charge in [-0.1, -0.05) is 24.3 Å². The van der Waals surface area contributed by atoms with Gasteiger partial charge in [0, 0.05) is 30.9 Å². The molecule has 1 aliphatic heterocycles. The molecule has 9 heteroatoms. The predicted octanol–water partition coefficient (Wildman–Crippen LogP) is 4.41. The normalized spacial score (nSPS) is 17.9. The van der Waals surface area contributed by atoms with E-state index >= 15 is 0 Å². The third-order valence-electron chi connectivity index (χ3n) is 5.96. The Hall–Kier alpha value is -4.24. The Bertz CT molecular complexity index is 1370. The first-order chi connectivity index (χ1) is 17.2. The van der Waals surface area contributed by atoms with Crippen molar-refractivity contribution >= 4 is 35.2 Å². The van der Waals surface area contributed by atoms with Gasteiger partial charge in [-0.2, -0.15) is 10.2 Å². The largest absolute Gasteiger partial charge is 0.378 e. The number of benzene rings is 2. The van der Waals surface area contributed by atoms with Crippen molar-refractivity contribution in [3.8, 4) is 0 Å². The van der Waals surface area contributed by atoms with Crippen molar-refractivity contribution in [3.05, 3.63) is 92.9 Å². The zero-order valence-corrected chi connectivity index (χ0v) is 19.1. The maximum Gasteiger partial charge on any atom is 0.270 e. The van der Waals surface area contributed by atoms with E-state index in [2.05, 4.69) is 25.1 Å². The number of allylic oxidation sites excluding steroid dienone is 2. The van der Waals surface area contributed by atoms with Gasteiger partial charge in [-0.15, -0.1) is 0 Å². The lowest BCUT2D eigenvalue weighted by Crippen LogP contribution is -2.36. The van der Waals surface area contributed by atoms with Crippen molar-refractivity contribution in [1.29, 1.82) is 0 Å². The van der Waals surface area contributed by atoms with Gasteiger partial charge in [0.25, 0.3) is 5.69 Å². The fourth-order valence-electron chi connectivity index (χ4n) is 4.33. The third-order valence-corrected chi connectivity index (χ3v) is 5.96. The van der Waals surface area contributed by atoms with E-state index in [-0.39, 0.29) is 10.6 Å². The van der Waals surface area contributed by atoms with Crippen molar-refractivity contribution in [2.75, 3.05) is 26.3 Å². The number of nitro benzene ring substituents is 1. The molecule has 2 aliphatic rings. The molecule has 1 saturated heterocycles. The Kier molecular flexibility index (Phi) is 6.67. The second kappa shape index (κ2) is 10.4. The van der Waals surface area contributed by atoms with Crippen molar-refractivity contribution < 1.29 is 9.66 Å². The van der Waals surface area contributed by atoms with Crippen LogP contribution in [0.15, 0.2) is 81.8 Å². The Morgan fingerprint density at radius 1 is 1.00 bits per heavy atom. The van der Waals surface area contributed by atoms with Gasteiger partial charge in [0.15, 0.2) is 0 Å². The minimum atomic E-state index is -0.370. The molecule has 0 spiro atoms. The molecule has 1 aromatic heterocycles. The number of nitro groups is 1. The number of nitrogens with zero attached hydrogens (tertiary/aromatic N) is 6. The Balaban J connectivity index is 1.41. The molecule has 1 aliphatic carbocycles. The molecule has 2 heterocycles. The monoisotopic (exact) mass is 468 g/mol. The molecule has 35 heavy (non-hydrogen) atoms. The van der Waals surface area contributed by atoms with Gasteiger partial charge in [0.2, 0.25) is 0 Å². The van der Waals surface area contributed by atoms with Gasteiger partial charge in [0.1, 0.15) is 5.69 Å². The summed E-state index contributed by atoms with van der Waals surface area (Å²) in [4.78, 5) is 22.0. The molecule has 0 radical (unpaired) electrons. The highest BCUT2D eigenvalue weighted by Gasteiger charge is 2.25. The van der Waals surface area contributed by atoms with Crippen LogP contribution in [0.25, 0.3) is 17.1 Å². The Morgan fingerprint density at radius 3 is 2.63 bits per heavy atom. The standard InChI is InChI=1S/C26H24N6O3/c33-32(34)23-5-3-4-19(15-23)14-20-8-9-21(26(20)31-10-12-35-13-11-31)16-28-29-18-22-17-27-24-6-1-2-7-25(24)30-22/h1-7,14-18H,8-13H2. The number of non-ortho nitro benzene ring substituents is 1. The van der Waals surface area contributed by atoms with Crippen molar-refractivity contribution in [2.24, 2.45) is 10.2 Å². The van der Waals surface area contributed by atoms with E-state index in [0.717, 1.165) is 59.4 Å². The maximum atomic E-state index is 11.2. The number of ether oxygens (including phenoxy) is 1. The third kappa shape index (κ3) is 5.30. The summed E-state index contributed by atoms with van der Waals surface area (Å²) in [5.74, 6) is 0. The summed E-state index contributed by atoms with van der Waals surface area (Å²) in [6, 6.07) is 14.4. The summed E-state index contributed by atoms with van der Waals surface area (Å²) in [6.45, 7) is 2.90. The Morgan fingerprint density at radius 2 is 1.80 bits per heavy atom. The lowest BCUT2D eigenvalue weighted by Gasteiger charge is -2.31. The van der Waals surface area contributed by atoms with E-state index in [1.807, 2.05) is 36.4 Å². The molecular formula is C26H24N6O3. The SMILES string of the molecule is O=[N+]([O-])c1cccc(C=C2CCC(C=NN=Cc3cnc4ccccc4n3)=C2N2CCOCC2)c1. The number of hydrogen-bond donors (Lipinski definition) is 0. The van der Waals surface area contributed by atoms with Crippen LogP contribution in [0, 0.1) is 10.1 Å². The second-order valence-electron chi connectivity index (χ2n) is 8.27. The summed E-state index contributed by atoms with van der Waals surface area (Å²) < 4.78 is 5.54. The molecule has 0 atom stereocenters. The van der Waals surface area contributed by atoms with Crippen molar-refractivity contribution in [1.82, 2.24) is 14.9 Å². The van der Waals surface area contributed by atoms with Crippen LogP contribution in [0.5, 0.6) is 0 Å². The van der Waals surface area contributed by atoms with Crippen molar-refractivity contribution in [2.45, 2.75) is 12.8 Å². The highest BCUT2D eigenvalue weighted by Crippen LogP contribution is 2.35. The van der Waals surface area contributed by atoms with Gasteiger partial charge < -0.3 is 9.64 Å². The van der Waals surface area contributed by atoms with E-state index in [0.29, 0.717) is 18.9 Å². The minimum Gasteiger partial charge on any atom is -0.378 e. The first-order valence-electron chi connectivity index (χ1n) is 11.5. The summed E-state index contributed by atoms with van der Waals surface area (Å²) in [6.07, 6.45) is 8.75.